The van der Waals surface area contributed by atoms with E-state index in [2.05, 4.69) is 5.32 Å². The maximum absolute atomic E-state index is 12.2. The minimum Gasteiger partial charge on any atom is -0.480 e. The number of furan rings is 1. The Morgan fingerprint density at radius 2 is 2.12 bits per heavy atom. The van der Waals surface area contributed by atoms with Gasteiger partial charge in [0.1, 0.15) is 28.9 Å². The van der Waals surface area contributed by atoms with E-state index in [1.165, 1.54) is 0 Å². The van der Waals surface area contributed by atoms with Gasteiger partial charge in [-0.1, -0.05) is 12.1 Å². The molecule has 0 saturated carbocycles. The van der Waals surface area contributed by atoms with E-state index in [1.54, 1.807) is 57.2 Å². The predicted octanol–water partition coefficient (Wildman–Crippen LogP) is 2.25. The van der Waals surface area contributed by atoms with E-state index in [0.29, 0.717) is 22.8 Å². The van der Waals surface area contributed by atoms with Gasteiger partial charge < -0.3 is 19.6 Å². The minimum absolute atomic E-state index is 0.0214. The summed E-state index contributed by atoms with van der Waals surface area (Å²) in [5.74, 6) is 1.01. The van der Waals surface area contributed by atoms with Crippen molar-refractivity contribution in [2.24, 2.45) is 0 Å². The van der Waals surface area contributed by atoms with Crippen LogP contribution in [0.2, 0.25) is 0 Å². The van der Waals surface area contributed by atoms with E-state index in [-0.39, 0.29) is 6.54 Å². The van der Waals surface area contributed by atoms with Gasteiger partial charge in [0.2, 0.25) is 0 Å². The molecular weight excluding hydrogens is 308 g/mol. The number of aryl methyl sites for hydroxylation is 1. The molecule has 1 aromatic carbocycles. The average Bonchev–Trinajstić information content (AvgIpc) is 3.00. The quantitative estimate of drug-likeness (QED) is 0.848. The van der Waals surface area contributed by atoms with Crippen molar-refractivity contribution in [2.45, 2.75) is 32.5 Å². The second-order valence-electron chi connectivity index (χ2n) is 5.77. The number of nitrogens with zero attached hydrogens (tertiary/aromatic N) is 1. The van der Waals surface area contributed by atoms with Gasteiger partial charge in [0.05, 0.1) is 12.1 Å². The summed E-state index contributed by atoms with van der Waals surface area (Å²) in [4.78, 5) is 12.2. The van der Waals surface area contributed by atoms with Gasteiger partial charge in [-0.3, -0.25) is 4.79 Å². The fourth-order valence-electron chi connectivity index (χ4n) is 2.12. The summed E-state index contributed by atoms with van der Waals surface area (Å²) in [7, 11) is 0. The first kappa shape index (κ1) is 17.6. The number of benzene rings is 1. The van der Waals surface area contributed by atoms with Crippen LogP contribution >= 0.6 is 0 Å². The van der Waals surface area contributed by atoms with Crippen molar-refractivity contribution in [1.82, 2.24) is 5.32 Å². The summed E-state index contributed by atoms with van der Waals surface area (Å²) in [5.41, 5.74) is -0.969. The lowest BCUT2D eigenvalue weighted by Crippen LogP contribution is -2.43. The molecule has 2 N–H and O–H groups in total. The van der Waals surface area contributed by atoms with Crippen LogP contribution < -0.4 is 10.1 Å². The van der Waals surface area contributed by atoms with Crippen molar-refractivity contribution in [3.05, 3.63) is 53.5 Å². The largest absolute Gasteiger partial charge is 0.480 e. The lowest BCUT2D eigenvalue weighted by Gasteiger charge is -2.23. The fourth-order valence-corrected chi connectivity index (χ4v) is 2.12. The van der Waals surface area contributed by atoms with Gasteiger partial charge in [0, 0.05) is 0 Å². The van der Waals surface area contributed by atoms with Crippen LogP contribution in [0.15, 0.2) is 40.8 Å². The Morgan fingerprint density at radius 3 is 2.75 bits per heavy atom. The molecule has 0 spiro atoms. The van der Waals surface area contributed by atoms with Crippen molar-refractivity contribution in [3.63, 3.8) is 0 Å². The zero-order valence-corrected chi connectivity index (χ0v) is 13.9. The highest BCUT2D eigenvalue weighted by Crippen LogP contribution is 2.22. The highest BCUT2D eigenvalue weighted by molar-refractivity contribution is 5.80. The highest BCUT2D eigenvalue weighted by Gasteiger charge is 2.28. The number of carbonyl (C=O) groups excluding carboxylic acids is 1. The minimum atomic E-state index is -1.33. The number of aliphatic hydroxyl groups is 1. The van der Waals surface area contributed by atoms with Crippen LogP contribution in [0.5, 0.6) is 5.75 Å². The normalized spacial score (nSPS) is 14.3. The molecule has 1 aromatic heterocycles. The van der Waals surface area contributed by atoms with Gasteiger partial charge in [-0.15, -0.1) is 0 Å². The number of nitrogens with one attached hydrogen (secondary N) is 1. The first-order valence-corrected chi connectivity index (χ1v) is 7.56. The molecule has 126 valence electrons. The maximum atomic E-state index is 12.2. The van der Waals surface area contributed by atoms with Crippen LogP contribution in [-0.4, -0.2) is 23.7 Å². The maximum Gasteiger partial charge on any atom is 0.260 e. The molecule has 6 nitrogen and oxygen atoms in total. The van der Waals surface area contributed by atoms with Crippen LogP contribution in [0.3, 0.4) is 0 Å². The zero-order chi connectivity index (χ0) is 17.7. The number of rotatable bonds is 6. The fraction of sp³-hybridized carbons (Fsp3) is 0.333. The third-order valence-corrected chi connectivity index (χ3v) is 3.56. The Kier molecular flexibility index (Phi) is 5.27. The van der Waals surface area contributed by atoms with Gasteiger partial charge in [0.25, 0.3) is 5.91 Å². The van der Waals surface area contributed by atoms with Crippen LogP contribution in [-0.2, 0) is 10.4 Å². The second kappa shape index (κ2) is 7.20. The molecule has 24 heavy (non-hydrogen) atoms. The summed E-state index contributed by atoms with van der Waals surface area (Å²) in [5, 5.41) is 22.1. The van der Waals surface area contributed by atoms with Crippen molar-refractivity contribution < 1.29 is 19.1 Å². The Labute approximate surface area is 140 Å². The lowest BCUT2D eigenvalue weighted by molar-refractivity contribution is -0.128. The second-order valence-corrected chi connectivity index (χ2v) is 5.77. The smallest absolute Gasteiger partial charge is 0.260 e. The summed E-state index contributed by atoms with van der Waals surface area (Å²) in [6, 6.07) is 12.1. The Morgan fingerprint density at radius 1 is 1.42 bits per heavy atom. The topological polar surface area (TPSA) is 95.5 Å². The number of hydrogen-bond acceptors (Lipinski definition) is 5. The Balaban J connectivity index is 1.96. The monoisotopic (exact) mass is 328 g/mol. The van der Waals surface area contributed by atoms with E-state index in [0.717, 1.165) is 0 Å². The highest BCUT2D eigenvalue weighted by atomic mass is 16.5. The van der Waals surface area contributed by atoms with Crippen LogP contribution in [0.4, 0.5) is 0 Å². The van der Waals surface area contributed by atoms with Crippen LogP contribution in [0, 0.1) is 18.3 Å². The predicted molar refractivity (Wildman–Crippen MR) is 87.3 cm³/mol. The molecule has 0 radical (unpaired) electrons. The van der Waals surface area contributed by atoms with E-state index in [1.807, 2.05) is 6.07 Å². The summed E-state index contributed by atoms with van der Waals surface area (Å²) < 4.78 is 10.9. The number of amides is 1. The molecule has 0 aliphatic carbocycles. The number of ether oxygens (including phenoxy) is 1. The first-order valence-electron chi connectivity index (χ1n) is 7.56. The van der Waals surface area contributed by atoms with Crippen LogP contribution in [0.1, 0.15) is 30.9 Å². The lowest BCUT2D eigenvalue weighted by atomic mass is 10.0. The molecule has 1 amide bonds. The first-order chi connectivity index (χ1) is 11.3. The molecule has 0 aliphatic heterocycles. The molecule has 2 aromatic rings. The molecule has 0 fully saturated rings. The molecule has 0 saturated heterocycles. The van der Waals surface area contributed by atoms with Crippen molar-refractivity contribution in [1.29, 1.82) is 5.26 Å². The number of nitriles is 1. The van der Waals surface area contributed by atoms with Gasteiger partial charge in [-0.2, -0.15) is 5.26 Å². The van der Waals surface area contributed by atoms with Crippen molar-refractivity contribution in [2.75, 3.05) is 6.54 Å². The van der Waals surface area contributed by atoms with E-state index in [4.69, 9.17) is 14.4 Å². The summed E-state index contributed by atoms with van der Waals surface area (Å²) in [6.07, 6.45) is -0.811. The van der Waals surface area contributed by atoms with Gasteiger partial charge in [-0.25, -0.2) is 0 Å². The molecule has 2 rings (SSSR count). The van der Waals surface area contributed by atoms with E-state index >= 15 is 0 Å². The molecule has 2 unspecified atom stereocenters. The SMILES string of the molecule is Cc1ccc(C(C)(O)CNC(=O)C(C)Oc2ccccc2C#N)o1. The summed E-state index contributed by atoms with van der Waals surface area (Å²) in [6.45, 7) is 4.89. The number of carbonyl (C=O) groups is 1. The van der Waals surface area contributed by atoms with Crippen molar-refractivity contribution >= 4 is 5.91 Å². The molecular formula is C18H20N2O4. The van der Waals surface area contributed by atoms with E-state index in [9.17, 15) is 9.90 Å². The van der Waals surface area contributed by atoms with Crippen LogP contribution in [0.25, 0.3) is 0 Å². The van der Waals surface area contributed by atoms with Gasteiger partial charge in [0.15, 0.2) is 6.10 Å². The Hall–Kier alpha value is -2.78. The molecule has 1 heterocycles. The average molecular weight is 328 g/mol. The number of para-hydroxylation sites is 1. The third-order valence-electron chi connectivity index (χ3n) is 3.56. The number of hydrogen-bond donors (Lipinski definition) is 2. The molecule has 2 atom stereocenters. The Bertz CT molecular complexity index is 758. The van der Waals surface area contributed by atoms with Crippen molar-refractivity contribution in [3.8, 4) is 11.8 Å². The van der Waals surface area contributed by atoms with Gasteiger partial charge >= 0.3 is 0 Å². The summed E-state index contributed by atoms with van der Waals surface area (Å²) >= 11 is 0. The molecule has 6 heteroatoms. The molecule has 0 aliphatic rings. The zero-order valence-electron chi connectivity index (χ0n) is 13.9. The third kappa shape index (κ3) is 4.15. The standard InChI is InChI=1S/C18H20N2O4/c1-12-8-9-16(23-12)18(3,22)11-20-17(21)13(2)24-15-7-5-4-6-14(15)10-19/h4-9,13,22H,11H2,1-3H3,(H,20,21). The van der Waals surface area contributed by atoms with Gasteiger partial charge in [-0.05, 0) is 45.0 Å². The van der Waals surface area contributed by atoms with E-state index < -0.39 is 17.6 Å². The molecule has 0 bridgehead atoms.